The highest BCUT2D eigenvalue weighted by atomic mass is 79.9. The van der Waals surface area contributed by atoms with Gasteiger partial charge in [-0.25, -0.2) is 4.98 Å². The second kappa shape index (κ2) is 4.31. The molecule has 2 aromatic rings. The lowest BCUT2D eigenvalue weighted by Crippen LogP contribution is -2.09. The van der Waals surface area contributed by atoms with Crippen molar-refractivity contribution in [3.8, 4) is 0 Å². The Hall–Kier alpha value is -1.89. The summed E-state index contributed by atoms with van der Waals surface area (Å²) in [5.41, 5.74) is 2.72. The van der Waals surface area contributed by atoms with Crippen LogP contribution in [-0.4, -0.2) is 14.6 Å². The topological polar surface area (TPSA) is 73.0 Å². The second-order valence-corrected chi connectivity index (χ2v) is 3.90. The summed E-state index contributed by atoms with van der Waals surface area (Å²) in [7, 11) is 0. The molecule has 2 rings (SSSR count). The number of halogens is 1. The van der Waals surface area contributed by atoms with Gasteiger partial charge in [-0.05, 0) is 28.1 Å². The van der Waals surface area contributed by atoms with Crippen LogP contribution in [0.25, 0.3) is 0 Å². The van der Waals surface area contributed by atoms with Crippen LogP contribution in [0.4, 0.5) is 11.5 Å². The van der Waals surface area contributed by atoms with Gasteiger partial charge in [0, 0.05) is 29.1 Å². The molecule has 0 aromatic carbocycles. The fraction of sp³-hybridized carbons (Fsp3) is 0. The lowest BCUT2D eigenvalue weighted by Gasteiger charge is -2.06. The highest BCUT2D eigenvalue weighted by Gasteiger charge is 2.15. The minimum Gasteiger partial charge on any atom is -0.272 e. The summed E-state index contributed by atoms with van der Waals surface area (Å²) in [5.74, 6) is 0.199. The van der Waals surface area contributed by atoms with E-state index in [1.54, 1.807) is 29.2 Å². The Bertz CT molecular complexity index is 512. The first kappa shape index (κ1) is 10.6. The number of nitrogens with one attached hydrogen (secondary N) is 1. The van der Waals surface area contributed by atoms with E-state index < -0.39 is 4.92 Å². The van der Waals surface area contributed by atoms with Crippen LogP contribution < -0.4 is 5.43 Å². The normalized spacial score (nSPS) is 10.1. The Morgan fingerprint density at radius 1 is 1.44 bits per heavy atom. The lowest BCUT2D eigenvalue weighted by atomic mass is 10.4. The molecule has 0 bridgehead atoms. The molecular formula is C9H7BrN4O2. The van der Waals surface area contributed by atoms with Crippen LogP contribution in [0.15, 0.2) is 41.3 Å². The summed E-state index contributed by atoms with van der Waals surface area (Å²) in [6, 6.07) is 5.01. The molecule has 0 aliphatic rings. The van der Waals surface area contributed by atoms with Gasteiger partial charge in [0.2, 0.25) is 5.82 Å². The maximum absolute atomic E-state index is 10.8. The zero-order chi connectivity index (χ0) is 11.5. The predicted molar refractivity (Wildman–Crippen MR) is 62.0 cm³/mol. The van der Waals surface area contributed by atoms with E-state index in [1.165, 1.54) is 12.3 Å². The number of pyridine rings is 1. The van der Waals surface area contributed by atoms with E-state index in [1.807, 2.05) is 0 Å². The van der Waals surface area contributed by atoms with Gasteiger partial charge in [-0.2, -0.15) is 0 Å². The Labute approximate surface area is 99.2 Å². The summed E-state index contributed by atoms with van der Waals surface area (Å²) in [5, 5.41) is 10.8. The van der Waals surface area contributed by atoms with E-state index in [0.717, 1.165) is 0 Å². The first-order valence-corrected chi connectivity index (χ1v) is 5.16. The van der Waals surface area contributed by atoms with Gasteiger partial charge in [0.1, 0.15) is 0 Å². The average Bonchev–Trinajstić information content (AvgIpc) is 2.73. The molecule has 0 atom stereocenters. The van der Waals surface area contributed by atoms with Crippen LogP contribution in [0.5, 0.6) is 0 Å². The third-order valence-corrected chi connectivity index (χ3v) is 2.30. The quantitative estimate of drug-likeness (QED) is 0.693. The molecule has 0 spiro atoms. The summed E-state index contributed by atoms with van der Waals surface area (Å²) in [4.78, 5) is 14.3. The minimum atomic E-state index is -0.483. The molecule has 0 saturated heterocycles. The number of aromatic nitrogens is 2. The average molecular weight is 283 g/mol. The first-order chi connectivity index (χ1) is 7.66. The van der Waals surface area contributed by atoms with E-state index in [9.17, 15) is 10.1 Å². The molecule has 16 heavy (non-hydrogen) atoms. The Kier molecular flexibility index (Phi) is 2.86. The minimum absolute atomic E-state index is 0.0805. The predicted octanol–water partition coefficient (Wildman–Crippen LogP) is 2.43. The van der Waals surface area contributed by atoms with Crippen molar-refractivity contribution in [2.45, 2.75) is 0 Å². The summed E-state index contributed by atoms with van der Waals surface area (Å²) >= 11 is 3.14. The molecule has 0 aliphatic carbocycles. The van der Waals surface area contributed by atoms with Gasteiger partial charge >= 0.3 is 5.69 Å². The van der Waals surface area contributed by atoms with E-state index in [-0.39, 0.29) is 11.5 Å². The number of anilines is 1. The maximum atomic E-state index is 10.8. The van der Waals surface area contributed by atoms with Crippen molar-refractivity contribution in [3.63, 3.8) is 0 Å². The molecular weight excluding hydrogens is 276 g/mol. The molecule has 0 aliphatic heterocycles. The van der Waals surface area contributed by atoms with Gasteiger partial charge in [0.25, 0.3) is 0 Å². The van der Waals surface area contributed by atoms with Crippen molar-refractivity contribution < 1.29 is 4.92 Å². The third kappa shape index (κ3) is 2.19. The van der Waals surface area contributed by atoms with E-state index >= 15 is 0 Å². The first-order valence-electron chi connectivity index (χ1n) is 4.37. The van der Waals surface area contributed by atoms with Crippen LogP contribution >= 0.6 is 15.9 Å². The van der Waals surface area contributed by atoms with Gasteiger partial charge in [-0.15, -0.1) is 0 Å². The van der Waals surface area contributed by atoms with Crippen LogP contribution in [-0.2, 0) is 0 Å². The van der Waals surface area contributed by atoms with Crippen molar-refractivity contribution in [2.24, 2.45) is 0 Å². The van der Waals surface area contributed by atoms with Gasteiger partial charge in [-0.1, -0.05) is 0 Å². The molecule has 2 aromatic heterocycles. The molecule has 7 heteroatoms. The monoisotopic (exact) mass is 282 g/mol. The second-order valence-electron chi connectivity index (χ2n) is 2.98. The van der Waals surface area contributed by atoms with E-state index in [4.69, 9.17) is 0 Å². The van der Waals surface area contributed by atoms with Crippen LogP contribution in [0.1, 0.15) is 0 Å². The van der Waals surface area contributed by atoms with Crippen LogP contribution in [0.3, 0.4) is 0 Å². The third-order valence-electron chi connectivity index (χ3n) is 1.87. The molecule has 0 unspecified atom stereocenters. The van der Waals surface area contributed by atoms with E-state index in [2.05, 4.69) is 26.3 Å². The highest BCUT2D eigenvalue weighted by molar-refractivity contribution is 9.10. The molecule has 0 radical (unpaired) electrons. The number of nitrogens with zero attached hydrogens (tertiary/aromatic N) is 3. The molecule has 1 N–H and O–H groups in total. The zero-order valence-corrected chi connectivity index (χ0v) is 9.59. The standard InChI is InChI=1S/C9H7BrN4O2/c10-7-5-8(14(15)16)9(11-6-7)12-13-3-1-2-4-13/h1-6H,(H,11,12). The fourth-order valence-corrected chi connectivity index (χ4v) is 1.50. The Morgan fingerprint density at radius 3 is 2.75 bits per heavy atom. The number of rotatable bonds is 3. The van der Waals surface area contributed by atoms with Crippen molar-refractivity contribution in [3.05, 3.63) is 51.4 Å². The van der Waals surface area contributed by atoms with Crippen molar-refractivity contribution in [1.82, 2.24) is 9.66 Å². The number of hydrogen-bond donors (Lipinski definition) is 1. The zero-order valence-electron chi connectivity index (χ0n) is 8.00. The van der Waals surface area contributed by atoms with Gasteiger partial charge in [-0.3, -0.25) is 20.2 Å². The summed E-state index contributed by atoms with van der Waals surface area (Å²) in [6.07, 6.45) is 4.96. The largest absolute Gasteiger partial charge is 0.314 e. The molecule has 6 nitrogen and oxygen atoms in total. The SMILES string of the molecule is O=[N+]([O-])c1cc(Br)cnc1Nn1cccc1. The van der Waals surface area contributed by atoms with Gasteiger partial charge in [0.15, 0.2) is 0 Å². The summed E-state index contributed by atoms with van der Waals surface area (Å²) < 4.78 is 2.15. The summed E-state index contributed by atoms with van der Waals surface area (Å²) in [6.45, 7) is 0. The number of hydrogen-bond acceptors (Lipinski definition) is 4. The highest BCUT2D eigenvalue weighted by Crippen LogP contribution is 2.25. The van der Waals surface area contributed by atoms with Gasteiger partial charge < -0.3 is 0 Å². The van der Waals surface area contributed by atoms with Crippen LogP contribution in [0, 0.1) is 10.1 Å². The lowest BCUT2D eigenvalue weighted by molar-refractivity contribution is -0.384. The Balaban J connectivity index is 2.36. The molecule has 82 valence electrons. The van der Waals surface area contributed by atoms with Crippen LogP contribution in [0.2, 0.25) is 0 Å². The maximum Gasteiger partial charge on any atom is 0.314 e. The Morgan fingerprint density at radius 2 is 2.12 bits per heavy atom. The molecule has 0 saturated carbocycles. The molecule has 0 fully saturated rings. The molecule has 0 amide bonds. The smallest absolute Gasteiger partial charge is 0.272 e. The van der Waals surface area contributed by atoms with Crippen molar-refractivity contribution in [1.29, 1.82) is 0 Å². The van der Waals surface area contributed by atoms with Crippen molar-refractivity contribution >= 4 is 27.4 Å². The van der Waals surface area contributed by atoms with E-state index in [0.29, 0.717) is 4.47 Å². The molecule has 2 heterocycles. The number of nitro groups is 1. The van der Waals surface area contributed by atoms with Crippen molar-refractivity contribution in [2.75, 3.05) is 5.43 Å². The fourth-order valence-electron chi connectivity index (χ4n) is 1.19. The van der Waals surface area contributed by atoms with Gasteiger partial charge in [0.05, 0.1) is 4.92 Å².